The van der Waals surface area contributed by atoms with E-state index in [0.717, 1.165) is 0 Å². The number of unbranched alkanes of at least 4 members (excludes halogenated alkanes) is 3. The summed E-state index contributed by atoms with van der Waals surface area (Å²) in [7, 11) is 0.422. The number of carbonyl (C=O) groups is 1. The second kappa shape index (κ2) is 18.0. The molecule has 23 heavy (non-hydrogen) atoms. The molecule has 1 aromatic carbocycles. The van der Waals surface area contributed by atoms with Gasteiger partial charge in [-0.15, -0.1) is 7.92 Å². The maximum atomic E-state index is 10.1. The molecule has 0 unspecified atom stereocenters. The third-order valence-corrected chi connectivity index (χ3v) is 6.34. The molecule has 1 rings (SSSR count). The fraction of sp³-hybridized carbons (Fsp3) is 0.632. The van der Waals surface area contributed by atoms with Crippen molar-refractivity contribution < 1.29 is 27.0 Å². The number of hydrogen-bond acceptors (Lipinski definition) is 2. The van der Waals surface area contributed by atoms with Crippen LogP contribution in [0, 0.1) is 0 Å². The molecular formula is C19H32CuO2P. The molecule has 0 amide bonds. The van der Waals surface area contributed by atoms with Gasteiger partial charge in [0.25, 0.3) is 0 Å². The van der Waals surface area contributed by atoms with Gasteiger partial charge >= 0.3 is 17.1 Å². The second-order valence-corrected chi connectivity index (χ2v) is 8.24. The molecule has 0 spiro atoms. The van der Waals surface area contributed by atoms with E-state index in [1.54, 1.807) is 36.7 Å². The molecule has 2 nitrogen and oxygen atoms in total. The fourth-order valence-electron chi connectivity index (χ4n) is 2.05. The molecule has 0 radical (unpaired) electrons. The summed E-state index contributed by atoms with van der Waals surface area (Å²) in [5, 5.41) is 10.1. The molecule has 0 aliphatic heterocycles. The van der Waals surface area contributed by atoms with E-state index in [2.05, 4.69) is 20.8 Å². The third kappa shape index (κ3) is 14.9. The van der Waals surface area contributed by atoms with Gasteiger partial charge in [-0.1, -0.05) is 70.4 Å². The number of carboxylic acids is 1. The number of benzene rings is 1. The molecular weight excluding hydrogens is 355 g/mol. The Morgan fingerprint density at radius 2 is 1.26 bits per heavy atom. The van der Waals surface area contributed by atoms with Crippen molar-refractivity contribution in [3.05, 3.63) is 35.9 Å². The van der Waals surface area contributed by atoms with E-state index in [1.165, 1.54) is 50.7 Å². The summed E-state index contributed by atoms with van der Waals surface area (Å²) in [4.78, 5) is 10.1. The van der Waals surface area contributed by atoms with Gasteiger partial charge in [-0.2, -0.15) is 0 Å². The van der Waals surface area contributed by atoms with E-state index in [-0.39, 0.29) is 22.6 Å². The zero-order valence-corrected chi connectivity index (χ0v) is 16.7. The van der Waals surface area contributed by atoms with Crippen LogP contribution < -0.4 is 5.11 Å². The maximum absolute atomic E-state index is 10.1. The van der Waals surface area contributed by atoms with Crippen LogP contribution in [0.25, 0.3) is 0 Å². The first-order valence-electron chi connectivity index (χ1n) is 8.64. The van der Waals surface area contributed by atoms with Crippen LogP contribution in [0.5, 0.6) is 0 Å². The van der Waals surface area contributed by atoms with Crippen LogP contribution in [-0.2, 0) is 17.1 Å². The number of carbonyl (C=O) groups excluding carboxylic acids is 1. The van der Waals surface area contributed by atoms with E-state index >= 15 is 0 Å². The summed E-state index contributed by atoms with van der Waals surface area (Å²) < 4.78 is 0. The van der Waals surface area contributed by atoms with Gasteiger partial charge in [-0.05, 0) is 43.3 Å². The second-order valence-electron chi connectivity index (χ2n) is 5.56. The Morgan fingerprint density at radius 1 is 0.870 bits per heavy atom. The Balaban J connectivity index is 0. The number of aromatic carboxylic acids is 1. The predicted octanol–water partition coefficient (Wildman–Crippen LogP) is 4.92. The smallest absolute Gasteiger partial charge is 0.545 e. The number of carboxylic acid groups (broad SMARTS) is 1. The van der Waals surface area contributed by atoms with Crippen molar-refractivity contribution in [3.8, 4) is 0 Å². The van der Waals surface area contributed by atoms with Gasteiger partial charge in [0.1, 0.15) is 0 Å². The normalized spacial score (nSPS) is 9.74. The molecule has 0 aliphatic carbocycles. The zero-order valence-electron chi connectivity index (χ0n) is 14.8. The minimum absolute atomic E-state index is 0. The summed E-state index contributed by atoms with van der Waals surface area (Å²) in [5.74, 6) is -1.13. The van der Waals surface area contributed by atoms with Crippen molar-refractivity contribution in [1.82, 2.24) is 0 Å². The van der Waals surface area contributed by atoms with Crippen molar-refractivity contribution in [2.24, 2.45) is 0 Å². The van der Waals surface area contributed by atoms with Gasteiger partial charge in [-0.3, -0.25) is 0 Å². The molecule has 4 heteroatoms. The summed E-state index contributed by atoms with van der Waals surface area (Å²) in [6, 6.07) is 8.06. The van der Waals surface area contributed by atoms with Crippen LogP contribution in [0.4, 0.5) is 0 Å². The minimum atomic E-state index is -1.13. The molecule has 0 aliphatic rings. The molecule has 0 saturated carbocycles. The topological polar surface area (TPSA) is 40.1 Å². The maximum Gasteiger partial charge on any atom is 1.00 e. The molecule has 0 bridgehead atoms. The van der Waals surface area contributed by atoms with Crippen molar-refractivity contribution in [2.45, 2.75) is 59.3 Å². The van der Waals surface area contributed by atoms with E-state index in [4.69, 9.17) is 0 Å². The number of rotatable bonds is 10. The first kappa shape index (κ1) is 24.9. The average Bonchev–Trinajstić information content (AvgIpc) is 2.55. The third-order valence-electron chi connectivity index (χ3n) is 3.49. The van der Waals surface area contributed by atoms with Gasteiger partial charge in [0.15, 0.2) is 0 Å². The van der Waals surface area contributed by atoms with Crippen molar-refractivity contribution in [1.29, 1.82) is 0 Å². The predicted molar refractivity (Wildman–Crippen MR) is 97.0 cm³/mol. The van der Waals surface area contributed by atoms with Crippen molar-refractivity contribution >= 4 is 13.9 Å². The Hall–Kier alpha value is -0.361. The van der Waals surface area contributed by atoms with Crippen molar-refractivity contribution in [3.63, 3.8) is 0 Å². The molecule has 0 heterocycles. The van der Waals surface area contributed by atoms with Gasteiger partial charge in [0, 0.05) is 0 Å². The largest absolute Gasteiger partial charge is 1.00 e. The monoisotopic (exact) mass is 386 g/mol. The quantitative estimate of drug-likeness (QED) is 0.423. The minimum Gasteiger partial charge on any atom is -0.545 e. The first-order valence-corrected chi connectivity index (χ1v) is 10.5. The Labute approximate surface area is 154 Å². The Morgan fingerprint density at radius 3 is 1.52 bits per heavy atom. The molecule has 0 N–H and O–H groups in total. The first-order chi connectivity index (χ1) is 10.7. The van der Waals surface area contributed by atoms with E-state index in [1.807, 2.05) is 0 Å². The molecule has 1 aromatic rings. The molecule has 0 saturated heterocycles. The van der Waals surface area contributed by atoms with E-state index in [9.17, 15) is 9.90 Å². The average molecular weight is 387 g/mol. The van der Waals surface area contributed by atoms with Gasteiger partial charge in [0.05, 0.1) is 5.97 Å². The fourth-order valence-corrected chi connectivity index (χ4v) is 5.02. The standard InChI is InChI=1S/C12H27P.C7H6O2.Cu/c1-4-7-10-13(11-8-5-2)12-9-6-3;8-7(9)6-4-2-1-3-5-6;/h4-12H2,1-3H3;1-5H,(H,8,9);/q;;+1/p-1. The Kier molecular flexibility index (Phi) is 19.5. The van der Waals surface area contributed by atoms with Crippen LogP contribution >= 0.6 is 7.92 Å². The Bertz CT molecular complexity index is 352. The van der Waals surface area contributed by atoms with Crippen LogP contribution in [0.15, 0.2) is 30.3 Å². The van der Waals surface area contributed by atoms with E-state index in [0.29, 0.717) is 7.92 Å². The van der Waals surface area contributed by atoms with Crippen molar-refractivity contribution in [2.75, 3.05) is 18.5 Å². The summed E-state index contributed by atoms with van der Waals surface area (Å²) in [6.07, 6.45) is 13.2. The van der Waals surface area contributed by atoms with Gasteiger partial charge in [0.2, 0.25) is 0 Å². The van der Waals surface area contributed by atoms with Crippen LogP contribution in [0.2, 0.25) is 0 Å². The van der Waals surface area contributed by atoms with Crippen LogP contribution in [-0.4, -0.2) is 24.5 Å². The van der Waals surface area contributed by atoms with Gasteiger partial charge < -0.3 is 9.90 Å². The van der Waals surface area contributed by atoms with Crippen LogP contribution in [0.1, 0.15) is 69.7 Å². The van der Waals surface area contributed by atoms with Crippen LogP contribution in [0.3, 0.4) is 0 Å². The summed E-state index contributed by atoms with van der Waals surface area (Å²) in [6.45, 7) is 6.94. The molecule has 0 fully saturated rings. The molecule has 0 atom stereocenters. The summed E-state index contributed by atoms with van der Waals surface area (Å²) in [5.41, 5.74) is 0.220. The van der Waals surface area contributed by atoms with Gasteiger partial charge in [-0.25, -0.2) is 0 Å². The van der Waals surface area contributed by atoms with E-state index < -0.39 is 5.97 Å². The summed E-state index contributed by atoms with van der Waals surface area (Å²) >= 11 is 0. The SMILES string of the molecule is CCCCP(CCCC)CCCC.O=C([O-])c1ccccc1.[Cu+]. The molecule has 0 aromatic heterocycles. The zero-order chi connectivity index (χ0) is 16.6. The molecule has 136 valence electrons. The number of hydrogen-bond donors (Lipinski definition) is 0.